The molecule has 1 amide bonds. The SMILES string of the molecule is COc1cc(/C=N\NC(=O)Cc2csc(Nc3cccc(C(F)(F)F)c3)n2)ccc1OCc1ccc([N+](=O)[O-])cc1. The largest absolute Gasteiger partial charge is 0.493 e. The monoisotopic (exact) mass is 585 g/mol. The van der Waals surface area contributed by atoms with E-state index in [1.54, 1.807) is 35.7 Å². The zero-order valence-electron chi connectivity index (χ0n) is 21.3. The number of anilines is 2. The number of nitrogens with one attached hydrogen (secondary N) is 2. The quantitative estimate of drug-likeness (QED) is 0.124. The number of amides is 1. The Morgan fingerprint density at radius 1 is 1.12 bits per heavy atom. The number of thiazole rings is 1. The number of rotatable bonds is 11. The number of halogens is 3. The first-order chi connectivity index (χ1) is 19.6. The van der Waals surface area contributed by atoms with E-state index in [4.69, 9.17) is 9.47 Å². The zero-order chi connectivity index (χ0) is 29.4. The van der Waals surface area contributed by atoms with Crippen LogP contribution in [0.15, 0.2) is 77.2 Å². The van der Waals surface area contributed by atoms with Crippen molar-refractivity contribution in [3.63, 3.8) is 0 Å². The predicted molar refractivity (Wildman–Crippen MR) is 147 cm³/mol. The van der Waals surface area contributed by atoms with E-state index in [1.807, 2.05) is 0 Å². The number of methoxy groups -OCH3 is 1. The summed E-state index contributed by atoms with van der Waals surface area (Å²) in [6.45, 7) is 0.172. The van der Waals surface area contributed by atoms with Gasteiger partial charge < -0.3 is 14.8 Å². The molecule has 0 spiro atoms. The standard InChI is InChI=1S/C27H22F3N5O5S/c1-39-24-11-18(7-10-23(24)40-15-17-5-8-22(9-6-17)35(37)38)14-31-34-25(36)13-21-16-41-26(33-21)32-20-4-2-3-19(12-20)27(28,29)30/h2-12,14,16H,13,15H2,1H3,(H,32,33)(H,34,36)/b31-14-. The van der Waals surface area contributed by atoms with Crippen molar-refractivity contribution < 1.29 is 32.4 Å². The molecule has 0 saturated heterocycles. The van der Waals surface area contributed by atoms with E-state index in [9.17, 15) is 28.1 Å². The van der Waals surface area contributed by atoms with Crippen molar-refractivity contribution in [2.45, 2.75) is 19.2 Å². The third-order valence-electron chi connectivity index (χ3n) is 5.47. The number of alkyl halides is 3. The second kappa shape index (κ2) is 12.9. The van der Waals surface area contributed by atoms with Gasteiger partial charge in [0.2, 0.25) is 5.91 Å². The molecule has 212 valence electrons. The summed E-state index contributed by atoms with van der Waals surface area (Å²) < 4.78 is 49.9. The minimum atomic E-state index is -4.46. The lowest BCUT2D eigenvalue weighted by Gasteiger charge is -2.11. The molecule has 0 aliphatic carbocycles. The second-order valence-electron chi connectivity index (χ2n) is 8.44. The topological polar surface area (TPSA) is 128 Å². The number of hydrogen-bond donors (Lipinski definition) is 2. The highest BCUT2D eigenvalue weighted by Crippen LogP contribution is 2.32. The van der Waals surface area contributed by atoms with Crippen LogP contribution in [0, 0.1) is 10.1 Å². The summed E-state index contributed by atoms with van der Waals surface area (Å²) >= 11 is 1.16. The van der Waals surface area contributed by atoms with Crippen molar-refractivity contribution in [2.75, 3.05) is 12.4 Å². The van der Waals surface area contributed by atoms with E-state index in [1.165, 1.54) is 37.6 Å². The van der Waals surface area contributed by atoms with Crippen molar-refractivity contribution in [1.29, 1.82) is 0 Å². The number of aromatic nitrogens is 1. The molecule has 3 aromatic carbocycles. The molecule has 0 saturated carbocycles. The van der Waals surface area contributed by atoms with Crippen LogP contribution in [0.4, 0.5) is 29.7 Å². The van der Waals surface area contributed by atoms with E-state index in [0.717, 1.165) is 29.0 Å². The van der Waals surface area contributed by atoms with Crippen LogP contribution in [-0.2, 0) is 24.0 Å². The summed E-state index contributed by atoms with van der Waals surface area (Å²) in [7, 11) is 1.47. The molecule has 4 rings (SSSR count). The molecule has 1 aromatic heterocycles. The highest BCUT2D eigenvalue weighted by Gasteiger charge is 2.30. The average molecular weight is 586 g/mol. The molecule has 0 aliphatic heterocycles. The molecule has 41 heavy (non-hydrogen) atoms. The van der Waals surface area contributed by atoms with Crippen molar-refractivity contribution >= 4 is 40.0 Å². The van der Waals surface area contributed by atoms with Gasteiger partial charge >= 0.3 is 6.18 Å². The summed E-state index contributed by atoms with van der Waals surface area (Å²) in [4.78, 5) is 26.8. The molecule has 10 nitrogen and oxygen atoms in total. The molecular weight excluding hydrogens is 563 g/mol. The lowest BCUT2D eigenvalue weighted by atomic mass is 10.2. The van der Waals surface area contributed by atoms with E-state index >= 15 is 0 Å². The van der Waals surface area contributed by atoms with Crippen LogP contribution in [-0.4, -0.2) is 29.1 Å². The lowest BCUT2D eigenvalue weighted by molar-refractivity contribution is -0.384. The van der Waals surface area contributed by atoms with Gasteiger partial charge in [-0.05, 0) is 59.7 Å². The van der Waals surface area contributed by atoms with Crippen molar-refractivity contribution in [3.8, 4) is 11.5 Å². The Morgan fingerprint density at radius 2 is 1.90 bits per heavy atom. The summed E-state index contributed by atoms with van der Waals surface area (Å²) in [5, 5.41) is 19.5. The number of hydrazone groups is 1. The first-order valence-electron chi connectivity index (χ1n) is 11.9. The Balaban J connectivity index is 1.28. The summed E-state index contributed by atoms with van der Waals surface area (Å²) in [5.41, 5.74) is 3.63. The van der Waals surface area contributed by atoms with E-state index in [0.29, 0.717) is 27.9 Å². The van der Waals surface area contributed by atoms with Crippen LogP contribution in [0.25, 0.3) is 0 Å². The maximum absolute atomic E-state index is 12.9. The van der Waals surface area contributed by atoms with Crippen LogP contribution >= 0.6 is 11.3 Å². The molecule has 2 N–H and O–H groups in total. The summed E-state index contributed by atoms with van der Waals surface area (Å²) in [6, 6.07) is 15.8. The fraction of sp³-hybridized carbons (Fsp3) is 0.148. The van der Waals surface area contributed by atoms with Crippen molar-refractivity contribution in [3.05, 3.63) is 105 Å². The summed E-state index contributed by atoms with van der Waals surface area (Å²) in [6.07, 6.45) is -3.12. The Labute approximate surface area is 235 Å². The van der Waals surface area contributed by atoms with Gasteiger partial charge in [-0.15, -0.1) is 11.3 Å². The molecular formula is C27H22F3N5O5S. The van der Waals surface area contributed by atoms with Gasteiger partial charge in [0.1, 0.15) is 6.61 Å². The first-order valence-corrected chi connectivity index (χ1v) is 12.7. The number of carbonyl (C=O) groups excluding carboxylic acids is 1. The second-order valence-corrected chi connectivity index (χ2v) is 9.30. The fourth-order valence-corrected chi connectivity index (χ4v) is 4.21. The zero-order valence-corrected chi connectivity index (χ0v) is 22.2. The molecule has 0 bridgehead atoms. The summed E-state index contributed by atoms with van der Waals surface area (Å²) in [5.74, 6) is 0.433. The Kier molecular flexibility index (Phi) is 9.14. The van der Waals surface area contributed by atoms with Crippen LogP contribution < -0.4 is 20.2 Å². The van der Waals surface area contributed by atoms with Gasteiger partial charge in [0.25, 0.3) is 5.69 Å². The molecule has 0 aliphatic rings. The molecule has 14 heteroatoms. The highest BCUT2D eigenvalue weighted by molar-refractivity contribution is 7.13. The number of nitrogens with zero attached hydrogens (tertiary/aromatic N) is 3. The minimum Gasteiger partial charge on any atom is -0.493 e. The Morgan fingerprint density at radius 3 is 2.61 bits per heavy atom. The number of ether oxygens (including phenoxy) is 2. The van der Waals surface area contributed by atoms with Crippen LogP contribution in [0.1, 0.15) is 22.4 Å². The lowest BCUT2D eigenvalue weighted by Crippen LogP contribution is -2.19. The van der Waals surface area contributed by atoms with E-state index in [2.05, 4.69) is 20.8 Å². The predicted octanol–water partition coefficient (Wildman–Crippen LogP) is 6.09. The fourth-order valence-electron chi connectivity index (χ4n) is 3.48. The van der Waals surface area contributed by atoms with Crippen LogP contribution in [0.2, 0.25) is 0 Å². The van der Waals surface area contributed by atoms with Crippen LogP contribution in [0.5, 0.6) is 11.5 Å². The number of nitro groups is 1. The van der Waals surface area contributed by atoms with Crippen molar-refractivity contribution in [2.24, 2.45) is 5.10 Å². The third kappa shape index (κ3) is 8.25. The number of hydrogen-bond acceptors (Lipinski definition) is 9. The Hall–Kier alpha value is -4.98. The van der Waals surface area contributed by atoms with E-state index < -0.39 is 22.6 Å². The number of carbonyl (C=O) groups is 1. The maximum Gasteiger partial charge on any atom is 0.416 e. The Bertz CT molecular complexity index is 1560. The minimum absolute atomic E-state index is 0.00978. The van der Waals surface area contributed by atoms with Gasteiger partial charge in [-0.1, -0.05) is 6.07 Å². The van der Waals surface area contributed by atoms with Gasteiger partial charge in [0.05, 0.1) is 35.9 Å². The van der Waals surface area contributed by atoms with Gasteiger partial charge in [0, 0.05) is 23.2 Å². The van der Waals surface area contributed by atoms with Gasteiger partial charge in [-0.25, -0.2) is 10.4 Å². The number of benzene rings is 3. The van der Waals surface area contributed by atoms with Crippen molar-refractivity contribution in [1.82, 2.24) is 10.4 Å². The van der Waals surface area contributed by atoms with Gasteiger partial charge in [-0.2, -0.15) is 18.3 Å². The molecule has 1 heterocycles. The normalized spacial score (nSPS) is 11.3. The molecule has 0 unspecified atom stereocenters. The molecule has 0 fully saturated rings. The molecule has 0 radical (unpaired) electrons. The first kappa shape index (κ1) is 29.0. The molecule has 4 aromatic rings. The van der Waals surface area contributed by atoms with E-state index in [-0.39, 0.29) is 24.4 Å². The van der Waals surface area contributed by atoms with Crippen LogP contribution in [0.3, 0.4) is 0 Å². The number of non-ortho nitro benzene ring substituents is 1. The maximum atomic E-state index is 12.9. The smallest absolute Gasteiger partial charge is 0.416 e. The number of nitro benzene ring substituents is 1. The van der Waals surface area contributed by atoms with Gasteiger partial charge in [-0.3, -0.25) is 14.9 Å². The van der Waals surface area contributed by atoms with Gasteiger partial charge in [0.15, 0.2) is 16.6 Å². The third-order valence-corrected chi connectivity index (χ3v) is 6.27. The average Bonchev–Trinajstić information content (AvgIpc) is 3.38. The molecule has 0 atom stereocenters. The highest BCUT2D eigenvalue weighted by atomic mass is 32.1.